The number of aliphatic hydroxyl groups is 3. The highest BCUT2D eigenvalue weighted by Gasteiger charge is 2.46. The van der Waals surface area contributed by atoms with Gasteiger partial charge in [0, 0.05) is 17.7 Å². The van der Waals surface area contributed by atoms with Crippen molar-refractivity contribution in [2.24, 2.45) is 0 Å². The first kappa shape index (κ1) is 22.8. The SMILES string of the molecule is COc1ccc(Cc2cc([C@@H]3O[C@H](CO)[C@@H](OC)[C@H](O)[C@H]3O)c(OC)cc2Cl)cc1. The van der Waals surface area contributed by atoms with E-state index in [0.29, 0.717) is 22.8 Å². The van der Waals surface area contributed by atoms with Crippen molar-refractivity contribution in [1.29, 1.82) is 0 Å². The zero-order valence-electron chi connectivity index (χ0n) is 17.1. The van der Waals surface area contributed by atoms with Crippen LogP contribution < -0.4 is 9.47 Å². The van der Waals surface area contributed by atoms with E-state index in [-0.39, 0.29) is 6.61 Å². The number of hydrogen-bond acceptors (Lipinski definition) is 7. The molecule has 1 fully saturated rings. The molecule has 1 aliphatic rings. The first-order chi connectivity index (χ1) is 14.4. The number of aliphatic hydroxyl groups excluding tert-OH is 3. The summed E-state index contributed by atoms with van der Waals surface area (Å²) in [4.78, 5) is 0. The average molecular weight is 439 g/mol. The zero-order valence-corrected chi connectivity index (χ0v) is 17.9. The number of methoxy groups -OCH3 is 3. The lowest BCUT2D eigenvalue weighted by Crippen LogP contribution is -2.56. The summed E-state index contributed by atoms with van der Waals surface area (Å²) in [5.41, 5.74) is 2.36. The van der Waals surface area contributed by atoms with Crippen molar-refractivity contribution in [3.63, 3.8) is 0 Å². The van der Waals surface area contributed by atoms with Gasteiger partial charge in [-0.2, -0.15) is 0 Å². The first-order valence-corrected chi connectivity index (χ1v) is 9.95. The third-order valence-corrected chi connectivity index (χ3v) is 5.75. The monoisotopic (exact) mass is 438 g/mol. The van der Waals surface area contributed by atoms with Crippen LogP contribution in [-0.4, -0.2) is 67.7 Å². The first-order valence-electron chi connectivity index (χ1n) is 9.58. The second-order valence-electron chi connectivity index (χ2n) is 7.17. The van der Waals surface area contributed by atoms with Gasteiger partial charge >= 0.3 is 0 Å². The van der Waals surface area contributed by atoms with Crippen LogP contribution in [0.25, 0.3) is 0 Å². The minimum absolute atomic E-state index is 0.368. The molecular weight excluding hydrogens is 412 g/mol. The van der Waals surface area contributed by atoms with Gasteiger partial charge in [-0.05, 0) is 41.8 Å². The Hall–Kier alpha value is -1.87. The molecule has 8 heteroatoms. The minimum atomic E-state index is -1.28. The second kappa shape index (κ2) is 9.96. The summed E-state index contributed by atoms with van der Waals surface area (Å²) in [6, 6.07) is 11.1. The Labute approximate surface area is 180 Å². The molecule has 0 aliphatic carbocycles. The lowest BCUT2D eigenvalue weighted by molar-refractivity contribution is -0.238. The molecule has 3 rings (SSSR count). The minimum Gasteiger partial charge on any atom is -0.497 e. The van der Waals surface area contributed by atoms with Gasteiger partial charge in [0.2, 0.25) is 0 Å². The van der Waals surface area contributed by atoms with Crippen molar-refractivity contribution in [2.75, 3.05) is 27.9 Å². The number of halogens is 1. The van der Waals surface area contributed by atoms with E-state index in [9.17, 15) is 15.3 Å². The molecule has 3 N–H and O–H groups in total. The maximum absolute atomic E-state index is 10.7. The van der Waals surface area contributed by atoms with Crippen molar-refractivity contribution in [3.05, 3.63) is 58.1 Å². The largest absolute Gasteiger partial charge is 0.497 e. The standard InChI is InChI=1S/C22H27ClO7/c1-27-14-6-4-12(5-7-14)8-13-9-15(17(28-2)10-16(13)23)21-19(25)20(26)22(29-3)18(11-24)30-21/h4-7,9-10,18-22,24-26H,8,11H2,1-3H3/t18-,19-,20-,21+,22-/m1/s1. The number of ether oxygens (including phenoxy) is 4. The van der Waals surface area contributed by atoms with E-state index in [2.05, 4.69) is 0 Å². The average Bonchev–Trinajstić information content (AvgIpc) is 2.77. The Morgan fingerprint density at radius 2 is 1.70 bits per heavy atom. The van der Waals surface area contributed by atoms with Crippen LogP contribution >= 0.6 is 11.6 Å². The Morgan fingerprint density at radius 1 is 1.00 bits per heavy atom. The number of benzene rings is 2. The fraction of sp³-hybridized carbons (Fsp3) is 0.455. The lowest BCUT2D eigenvalue weighted by atomic mass is 9.89. The topological polar surface area (TPSA) is 97.6 Å². The van der Waals surface area contributed by atoms with Gasteiger partial charge in [0.05, 0.1) is 20.8 Å². The van der Waals surface area contributed by atoms with E-state index in [1.165, 1.54) is 14.2 Å². The highest BCUT2D eigenvalue weighted by molar-refractivity contribution is 6.31. The molecular formula is C22H27ClO7. The summed E-state index contributed by atoms with van der Waals surface area (Å²) in [6.45, 7) is -0.368. The predicted octanol–water partition coefficient (Wildman–Crippen LogP) is 2.12. The molecule has 0 spiro atoms. The summed E-state index contributed by atoms with van der Waals surface area (Å²) < 4.78 is 21.7. The van der Waals surface area contributed by atoms with Crippen molar-refractivity contribution >= 4 is 11.6 Å². The van der Waals surface area contributed by atoms with Crippen molar-refractivity contribution in [1.82, 2.24) is 0 Å². The fourth-order valence-electron chi connectivity index (χ4n) is 3.75. The van der Waals surface area contributed by atoms with Crippen LogP contribution in [0.5, 0.6) is 11.5 Å². The molecule has 1 heterocycles. The smallest absolute Gasteiger partial charge is 0.126 e. The molecule has 164 valence electrons. The van der Waals surface area contributed by atoms with Gasteiger partial charge < -0.3 is 34.3 Å². The summed E-state index contributed by atoms with van der Waals surface area (Å²) in [6.07, 6.45) is -4.56. The van der Waals surface area contributed by atoms with Crippen LogP contribution in [0, 0.1) is 0 Å². The Bertz CT molecular complexity index is 840. The van der Waals surface area contributed by atoms with Crippen molar-refractivity contribution in [2.45, 2.75) is 36.9 Å². The molecule has 2 aromatic carbocycles. The highest BCUT2D eigenvalue weighted by atomic mass is 35.5. The van der Waals surface area contributed by atoms with E-state index in [1.807, 2.05) is 24.3 Å². The molecule has 0 saturated carbocycles. The Kier molecular flexibility index (Phi) is 7.57. The van der Waals surface area contributed by atoms with E-state index >= 15 is 0 Å². The molecule has 0 aromatic heterocycles. The molecule has 0 bridgehead atoms. The number of rotatable bonds is 7. The van der Waals surface area contributed by atoms with E-state index in [1.54, 1.807) is 19.2 Å². The predicted molar refractivity (Wildman–Crippen MR) is 111 cm³/mol. The molecule has 1 saturated heterocycles. The van der Waals surface area contributed by atoms with Gasteiger partial charge in [-0.25, -0.2) is 0 Å². The normalized spacial score (nSPS) is 26.4. The van der Waals surface area contributed by atoms with Gasteiger partial charge in [-0.3, -0.25) is 0 Å². The fourth-order valence-corrected chi connectivity index (χ4v) is 3.97. The lowest BCUT2D eigenvalue weighted by Gasteiger charge is -2.42. The van der Waals surface area contributed by atoms with Crippen molar-refractivity contribution < 1.29 is 34.3 Å². The molecule has 1 aliphatic heterocycles. The maximum Gasteiger partial charge on any atom is 0.126 e. The molecule has 2 aromatic rings. The molecule has 7 nitrogen and oxygen atoms in total. The van der Waals surface area contributed by atoms with Gasteiger partial charge in [0.1, 0.15) is 42.0 Å². The van der Waals surface area contributed by atoms with Crippen LogP contribution in [0.1, 0.15) is 22.8 Å². The second-order valence-corrected chi connectivity index (χ2v) is 7.58. The summed E-state index contributed by atoms with van der Waals surface area (Å²) in [5.74, 6) is 1.18. The quantitative estimate of drug-likeness (QED) is 0.609. The van der Waals surface area contributed by atoms with Gasteiger partial charge in [-0.1, -0.05) is 23.7 Å². The van der Waals surface area contributed by atoms with Crippen LogP contribution in [-0.2, 0) is 15.9 Å². The zero-order chi connectivity index (χ0) is 21.8. The van der Waals surface area contributed by atoms with E-state index in [0.717, 1.165) is 16.9 Å². The highest BCUT2D eigenvalue weighted by Crippen LogP contribution is 2.40. The van der Waals surface area contributed by atoms with Gasteiger partial charge in [0.25, 0.3) is 0 Å². The molecule has 0 radical (unpaired) electrons. The molecule has 30 heavy (non-hydrogen) atoms. The summed E-state index contributed by atoms with van der Waals surface area (Å²) in [5, 5.41) is 31.4. The Morgan fingerprint density at radius 3 is 2.27 bits per heavy atom. The van der Waals surface area contributed by atoms with Gasteiger partial charge in [-0.15, -0.1) is 0 Å². The van der Waals surface area contributed by atoms with E-state index < -0.39 is 30.5 Å². The number of hydrogen-bond donors (Lipinski definition) is 3. The third-order valence-electron chi connectivity index (χ3n) is 5.40. The van der Waals surface area contributed by atoms with E-state index in [4.69, 9.17) is 30.5 Å². The van der Waals surface area contributed by atoms with Gasteiger partial charge in [0.15, 0.2) is 0 Å². The molecule has 0 unspecified atom stereocenters. The van der Waals surface area contributed by atoms with Crippen LogP contribution in [0.15, 0.2) is 36.4 Å². The maximum atomic E-state index is 10.7. The Balaban J connectivity index is 1.96. The summed E-state index contributed by atoms with van der Waals surface area (Å²) >= 11 is 6.48. The van der Waals surface area contributed by atoms with Crippen LogP contribution in [0.4, 0.5) is 0 Å². The van der Waals surface area contributed by atoms with Crippen molar-refractivity contribution in [3.8, 4) is 11.5 Å². The summed E-state index contributed by atoms with van der Waals surface area (Å²) in [7, 11) is 4.49. The molecule has 5 atom stereocenters. The molecule has 0 amide bonds. The van der Waals surface area contributed by atoms with Crippen LogP contribution in [0.3, 0.4) is 0 Å². The third kappa shape index (κ3) is 4.56. The van der Waals surface area contributed by atoms with Crippen LogP contribution in [0.2, 0.25) is 5.02 Å².